The third-order valence-corrected chi connectivity index (χ3v) is 2.91. The Balaban J connectivity index is 0.00000144. The second-order valence-electron chi connectivity index (χ2n) is 3.50. The summed E-state index contributed by atoms with van der Waals surface area (Å²) in [4.78, 5) is 0. The van der Waals surface area contributed by atoms with Crippen LogP contribution >= 0.6 is 12.4 Å². The van der Waals surface area contributed by atoms with Crippen molar-refractivity contribution in [3.05, 3.63) is 0 Å². The van der Waals surface area contributed by atoms with Gasteiger partial charge in [-0.1, -0.05) is 0 Å². The number of hydrogen-bond acceptors (Lipinski definition) is 3. The molecule has 1 fully saturated rings. The van der Waals surface area contributed by atoms with E-state index in [1.165, 1.54) is 6.26 Å². The first-order valence-electron chi connectivity index (χ1n) is 4.20. The fourth-order valence-corrected chi connectivity index (χ4v) is 2.38. The fourth-order valence-electron chi connectivity index (χ4n) is 1.54. The van der Waals surface area contributed by atoms with Gasteiger partial charge in [-0.2, -0.15) is 0 Å². The molecule has 80 valence electrons. The van der Waals surface area contributed by atoms with Crippen molar-refractivity contribution < 1.29 is 8.42 Å². The quantitative estimate of drug-likeness (QED) is 0.711. The van der Waals surface area contributed by atoms with Gasteiger partial charge in [0.2, 0.25) is 10.0 Å². The molecule has 1 saturated carbocycles. The molecular formula is C7H17ClN2O2S. The van der Waals surface area contributed by atoms with Crippen molar-refractivity contribution in [2.45, 2.75) is 37.8 Å². The van der Waals surface area contributed by atoms with Gasteiger partial charge in [-0.25, -0.2) is 13.1 Å². The van der Waals surface area contributed by atoms with Crippen LogP contribution in [-0.4, -0.2) is 26.8 Å². The standard InChI is InChI=1S/C7H16N2O2S.ClH/c1-12(10,11)9-7-4-2-6(8)3-5-7;/h6-7,9H,2-5,8H2,1H3;1H. The van der Waals surface area contributed by atoms with Crippen LogP contribution in [0, 0.1) is 0 Å². The molecule has 1 rings (SSSR count). The molecule has 0 radical (unpaired) electrons. The number of nitrogens with one attached hydrogen (secondary N) is 1. The van der Waals surface area contributed by atoms with Crippen molar-refractivity contribution in [3.8, 4) is 0 Å². The molecule has 0 amide bonds. The molecule has 0 atom stereocenters. The zero-order chi connectivity index (χ0) is 9.19. The summed E-state index contributed by atoms with van der Waals surface area (Å²) < 4.78 is 24.3. The Morgan fingerprint density at radius 1 is 1.23 bits per heavy atom. The minimum Gasteiger partial charge on any atom is -0.328 e. The van der Waals surface area contributed by atoms with Crippen molar-refractivity contribution in [1.82, 2.24) is 4.72 Å². The van der Waals surface area contributed by atoms with Crippen molar-refractivity contribution in [2.24, 2.45) is 5.73 Å². The van der Waals surface area contributed by atoms with Crippen LogP contribution in [0.5, 0.6) is 0 Å². The van der Waals surface area contributed by atoms with E-state index in [-0.39, 0.29) is 24.5 Å². The zero-order valence-corrected chi connectivity index (χ0v) is 9.33. The van der Waals surface area contributed by atoms with E-state index >= 15 is 0 Å². The summed E-state index contributed by atoms with van der Waals surface area (Å²) in [5.41, 5.74) is 5.68. The summed E-state index contributed by atoms with van der Waals surface area (Å²) in [6, 6.07) is 0.377. The molecular weight excluding hydrogens is 212 g/mol. The van der Waals surface area contributed by atoms with Gasteiger partial charge >= 0.3 is 0 Å². The molecule has 0 aromatic rings. The Hall–Kier alpha value is 0.160. The predicted molar refractivity (Wildman–Crippen MR) is 55.5 cm³/mol. The van der Waals surface area contributed by atoms with Gasteiger partial charge in [0.1, 0.15) is 0 Å². The van der Waals surface area contributed by atoms with Crippen molar-refractivity contribution in [1.29, 1.82) is 0 Å². The van der Waals surface area contributed by atoms with E-state index in [1.807, 2.05) is 0 Å². The van der Waals surface area contributed by atoms with E-state index in [9.17, 15) is 8.42 Å². The molecule has 0 aliphatic heterocycles. The van der Waals surface area contributed by atoms with Crippen LogP contribution in [0.2, 0.25) is 0 Å². The van der Waals surface area contributed by atoms with Crippen molar-refractivity contribution >= 4 is 22.4 Å². The normalized spacial score (nSPS) is 29.4. The summed E-state index contributed by atoms with van der Waals surface area (Å²) in [5, 5.41) is 0. The van der Waals surface area contributed by atoms with Gasteiger partial charge in [-0.15, -0.1) is 12.4 Å². The van der Waals surface area contributed by atoms with E-state index in [0.717, 1.165) is 25.7 Å². The molecule has 0 saturated heterocycles. The van der Waals surface area contributed by atoms with Gasteiger partial charge in [-0.05, 0) is 25.7 Å². The molecule has 3 N–H and O–H groups in total. The lowest BCUT2D eigenvalue weighted by atomic mass is 9.93. The summed E-state index contributed by atoms with van der Waals surface area (Å²) in [7, 11) is -3.03. The first-order chi connectivity index (χ1) is 5.47. The summed E-state index contributed by atoms with van der Waals surface area (Å²) in [6.07, 6.45) is 4.78. The number of hydrogen-bond donors (Lipinski definition) is 2. The minimum absolute atomic E-state index is 0. The number of halogens is 1. The molecule has 0 aromatic heterocycles. The Morgan fingerprint density at radius 2 is 1.69 bits per heavy atom. The Kier molecular flexibility index (Phi) is 5.21. The van der Waals surface area contributed by atoms with Crippen molar-refractivity contribution in [3.63, 3.8) is 0 Å². The van der Waals surface area contributed by atoms with Crippen LogP contribution < -0.4 is 10.5 Å². The maximum Gasteiger partial charge on any atom is 0.208 e. The number of rotatable bonds is 2. The highest BCUT2D eigenvalue weighted by molar-refractivity contribution is 7.88. The van der Waals surface area contributed by atoms with Crippen molar-refractivity contribution in [2.75, 3.05) is 6.26 Å². The zero-order valence-electron chi connectivity index (χ0n) is 7.69. The highest BCUT2D eigenvalue weighted by Crippen LogP contribution is 2.17. The predicted octanol–water partition coefficient (Wildman–Crippen LogP) is 0.227. The smallest absolute Gasteiger partial charge is 0.208 e. The van der Waals surface area contributed by atoms with Gasteiger partial charge in [0, 0.05) is 12.1 Å². The summed E-state index contributed by atoms with van der Waals surface area (Å²) in [5.74, 6) is 0. The van der Waals surface area contributed by atoms with Gasteiger partial charge in [0.15, 0.2) is 0 Å². The third-order valence-electron chi connectivity index (χ3n) is 2.15. The Bertz CT molecular complexity index is 235. The second kappa shape index (κ2) is 5.14. The van der Waals surface area contributed by atoms with Crippen LogP contribution in [0.25, 0.3) is 0 Å². The Morgan fingerprint density at radius 3 is 2.08 bits per heavy atom. The van der Waals surface area contributed by atoms with Gasteiger partial charge in [-0.3, -0.25) is 0 Å². The first-order valence-corrected chi connectivity index (χ1v) is 6.09. The highest BCUT2D eigenvalue weighted by Gasteiger charge is 2.20. The lowest BCUT2D eigenvalue weighted by molar-refractivity contribution is 0.374. The topological polar surface area (TPSA) is 72.2 Å². The average molecular weight is 229 g/mol. The third kappa shape index (κ3) is 5.46. The van der Waals surface area contributed by atoms with Crippen LogP contribution in [0.3, 0.4) is 0 Å². The monoisotopic (exact) mass is 228 g/mol. The molecule has 0 bridgehead atoms. The van der Waals surface area contributed by atoms with Crippen LogP contribution in [0.4, 0.5) is 0 Å². The molecule has 1 aliphatic carbocycles. The molecule has 0 aromatic carbocycles. The lowest BCUT2D eigenvalue weighted by Gasteiger charge is -2.25. The largest absolute Gasteiger partial charge is 0.328 e. The minimum atomic E-state index is -3.03. The fraction of sp³-hybridized carbons (Fsp3) is 1.00. The maximum atomic E-state index is 10.8. The highest BCUT2D eigenvalue weighted by atomic mass is 35.5. The lowest BCUT2D eigenvalue weighted by Crippen LogP contribution is -2.39. The molecule has 6 heteroatoms. The number of sulfonamides is 1. The SMILES string of the molecule is CS(=O)(=O)NC1CCC(N)CC1.Cl. The van der Waals surface area contributed by atoms with E-state index in [4.69, 9.17) is 5.73 Å². The molecule has 13 heavy (non-hydrogen) atoms. The Labute approximate surface area is 85.7 Å². The molecule has 1 aliphatic rings. The van der Waals surface area contributed by atoms with E-state index in [0.29, 0.717) is 0 Å². The van der Waals surface area contributed by atoms with E-state index < -0.39 is 10.0 Å². The second-order valence-corrected chi connectivity index (χ2v) is 5.28. The molecule has 0 unspecified atom stereocenters. The van der Waals surface area contributed by atoms with E-state index in [2.05, 4.69) is 4.72 Å². The summed E-state index contributed by atoms with van der Waals surface area (Å²) >= 11 is 0. The van der Waals surface area contributed by atoms with Gasteiger partial charge < -0.3 is 5.73 Å². The van der Waals surface area contributed by atoms with Crippen LogP contribution in [-0.2, 0) is 10.0 Å². The first kappa shape index (κ1) is 13.2. The van der Waals surface area contributed by atoms with Gasteiger partial charge in [0.05, 0.1) is 6.26 Å². The van der Waals surface area contributed by atoms with Crippen LogP contribution in [0.1, 0.15) is 25.7 Å². The van der Waals surface area contributed by atoms with Crippen LogP contribution in [0.15, 0.2) is 0 Å². The summed E-state index contributed by atoms with van der Waals surface area (Å²) in [6.45, 7) is 0. The molecule has 0 spiro atoms. The average Bonchev–Trinajstić information content (AvgIpc) is 1.91. The number of nitrogens with two attached hydrogens (primary N) is 1. The molecule has 0 heterocycles. The van der Waals surface area contributed by atoms with Gasteiger partial charge in [0.25, 0.3) is 0 Å². The van der Waals surface area contributed by atoms with E-state index in [1.54, 1.807) is 0 Å². The molecule has 4 nitrogen and oxygen atoms in total. The maximum absolute atomic E-state index is 10.8.